The van der Waals surface area contributed by atoms with E-state index in [1.54, 1.807) is 21.3 Å². The van der Waals surface area contributed by atoms with Crippen LogP contribution in [0.5, 0.6) is 17.2 Å². The first kappa shape index (κ1) is 18.1. The third kappa shape index (κ3) is 3.82. The number of aryl methyl sites for hydroxylation is 1. The SMILES string of the molecule is COc1ccc(CNCc2cn(C)nc2C(C)C)c(OC)c1OC. The lowest BCUT2D eigenvalue weighted by atomic mass is 10.1. The molecule has 2 rings (SSSR count). The Balaban J connectivity index is 2.13. The number of hydrogen-bond donors (Lipinski definition) is 1. The quantitative estimate of drug-likeness (QED) is 0.805. The van der Waals surface area contributed by atoms with E-state index in [0.29, 0.717) is 29.7 Å². The van der Waals surface area contributed by atoms with E-state index in [-0.39, 0.29) is 0 Å². The highest BCUT2D eigenvalue weighted by atomic mass is 16.5. The van der Waals surface area contributed by atoms with Crippen LogP contribution in [-0.4, -0.2) is 31.1 Å². The van der Waals surface area contributed by atoms with Gasteiger partial charge in [-0.05, 0) is 12.0 Å². The maximum atomic E-state index is 5.52. The molecule has 2 aromatic rings. The highest BCUT2D eigenvalue weighted by Gasteiger charge is 2.16. The van der Waals surface area contributed by atoms with Gasteiger partial charge < -0.3 is 19.5 Å². The Bertz CT molecular complexity index is 680. The van der Waals surface area contributed by atoms with Crippen molar-refractivity contribution in [3.8, 4) is 17.2 Å². The lowest BCUT2D eigenvalue weighted by Crippen LogP contribution is -2.14. The molecule has 0 amide bonds. The lowest BCUT2D eigenvalue weighted by molar-refractivity contribution is 0.321. The topological polar surface area (TPSA) is 57.5 Å². The molecule has 0 fully saturated rings. The smallest absolute Gasteiger partial charge is 0.203 e. The first-order chi connectivity index (χ1) is 11.5. The van der Waals surface area contributed by atoms with Crippen molar-refractivity contribution in [2.75, 3.05) is 21.3 Å². The third-order valence-corrected chi connectivity index (χ3v) is 3.90. The molecule has 0 aliphatic rings. The minimum atomic E-state index is 0.401. The molecule has 0 aliphatic carbocycles. The summed E-state index contributed by atoms with van der Waals surface area (Å²) in [5, 5.41) is 8.00. The van der Waals surface area contributed by atoms with Crippen LogP contribution < -0.4 is 19.5 Å². The van der Waals surface area contributed by atoms with E-state index in [4.69, 9.17) is 14.2 Å². The highest BCUT2D eigenvalue weighted by Crippen LogP contribution is 2.39. The van der Waals surface area contributed by atoms with Gasteiger partial charge in [0, 0.05) is 37.5 Å². The fourth-order valence-electron chi connectivity index (χ4n) is 2.81. The van der Waals surface area contributed by atoms with Crippen LogP contribution in [0, 0.1) is 0 Å². The number of nitrogens with zero attached hydrogens (tertiary/aromatic N) is 2. The summed E-state index contributed by atoms with van der Waals surface area (Å²) >= 11 is 0. The summed E-state index contributed by atoms with van der Waals surface area (Å²) in [4.78, 5) is 0. The van der Waals surface area contributed by atoms with Crippen molar-refractivity contribution in [2.24, 2.45) is 7.05 Å². The Labute approximate surface area is 143 Å². The molecule has 0 atom stereocenters. The van der Waals surface area contributed by atoms with Crippen molar-refractivity contribution in [1.82, 2.24) is 15.1 Å². The van der Waals surface area contributed by atoms with Gasteiger partial charge in [-0.15, -0.1) is 0 Å². The predicted molar refractivity (Wildman–Crippen MR) is 93.9 cm³/mol. The van der Waals surface area contributed by atoms with Gasteiger partial charge in [0.15, 0.2) is 11.5 Å². The second kappa shape index (κ2) is 8.06. The number of hydrogen-bond acceptors (Lipinski definition) is 5. The number of rotatable bonds is 8. The van der Waals surface area contributed by atoms with Gasteiger partial charge in [-0.25, -0.2) is 0 Å². The average molecular weight is 333 g/mol. The number of methoxy groups -OCH3 is 3. The molecule has 1 aromatic carbocycles. The fraction of sp³-hybridized carbons (Fsp3) is 0.500. The van der Waals surface area contributed by atoms with Crippen LogP contribution in [0.1, 0.15) is 36.6 Å². The average Bonchev–Trinajstić information content (AvgIpc) is 2.95. The van der Waals surface area contributed by atoms with E-state index in [0.717, 1.165) is 17.8 Å². The molecule has 0 saturated heterocycles. The van der Waals surface area contributed by atoms with Crippen LogP contribution in [-0.2, 0) is 20.1 Å². The predicted octanol–water partition coefficient (Wildman–Crippen LogP) is 2.86. The molecule has 1 aromatic heterocycles. The largest absolute Gasteiger partial charge is 0.493 e. The van der Waals surface area contributed by atoms with Crippen molar-refractivity contribution in [1.29, 1.82) is 0 Å². The van der Waals surface area contributed by atoms with E-state index in [1.165, 1.54) is 5.56 Å². The molecule has 132 valence electrons. The van der Waals surface area contributed by atoms with Gasteiger partial charge in [0.25, 0.3) is 0 Å². The van der Waals surface area contributed by atoms with Crippen molar-refractivity contribution in [3.63, 3.8) is 0 Å². The van der Waals surface area contributed by atoms with E-state index < -0.39 is 0 Å². The minimum Gasteiger partial charge on any atom is -0.493 e. The standard InChI is InChI=1S/C18H27N3O3/c1-12(2)16-14(11-21(3)20-16)10-19-9-13-7-8-15(22-4)18(24-6)17(13)23-5/h7-8,11-12,19H,9-10H2,1-6H3. The molecular formula is C18H27N3O3. The number of ether oxygens (including phenoxy) is 3. The first-order valence-electron chi connectivity index (χ1n) is 8.02. The zero-order chi connectivity index (χ0) is 17.7. The molecule has 1 N–H and O–H groups in total. The third-order valence-electron chi connectivity index (χ3n) is 3.90. The highest BCUT2D eigenvalue weighted by molar-refractivity contribution is 5.55. The lowest BCUT2D eigenvalue weighted by Gasteiger charge is -2.16. The number of nitrogens with one attached hydrogen (secondary N) is 1. The molecule has 0 radical (unpaired) electrons. The van der Waals surface area contributed by atoms with Gasteiger partial charge in [-0.2, -0.15) is 5.10 Å². The first-order valence-corrected chi connectivity index (χ1v) is 8.02. The molecular weight excluding hydrogens is 306 g/mol. The van der Waals surface area contributed by atoms with Gasteiger partial charge in [0.1, 0.15) is 0 Å². The van der Waals surface area contributed by atoms with Gasteiger partial charge in [-0.1, -0.05) is 19.9 Å². The minimum absolute atomic E-state index is 0.401. The molecule has 24 heavy (non-hydrogen) atoms. The summed E-state index contributed by atoms with van der Waals surface area (Å²) in [6.07, 6.45) is 2.06. The second-order valence-electron chi connectivity index (χ2n) is 5.96. The zero-order valence-electron chi connectivity index (χ0n) is 15.3. The Morgan fingerprint density at radius 3 is 2.25 bits per heavy atom. The summed E-state index contributed by atoms with van der Waals surface area (Å²) in [6.45, 7) is 5.72. The normalized spacial score (nSPS) is 11.0. The Morgan fingerprint density at radius 2 is 1.67 bits per heavy atom. The van der Waals surface area contributed by atoms with Gasteiger partial charge in [-0.3, -0.25) is 4.68 Å². The Morgan fingerprint density at radius 1 is 1.00 bits per heavy atom. The maximum absolute atomic E-state index is 5.52. The molecule has 6 nitrogen and oxygen atoms in total. The van der Waals surface area contributed by atoms with Crippen LogP contribution in [0.2, 0.25) is 0 Å². The fourth-order valence-corrected chi connectivity index (χ4v) is 2.81. The molecule has 0 unspecified atom stereocenters. The maximum Gasteiger partial charge on any atom is 0.203 e. The van der Waals surface area contributed by atoms with Crippen molar-refractivity contribution in [2.45, 2.75) is 32.9 Å². The van der Waals surface area contributed by atoms with Crippen LogP contribution in [0.4, 0.5) is 0 Å². The summed E-state index contributed by atoms with van der Waals surface area (Å²) < 4.78 is 18.1. The van der Waals surface area contributed by atoms with Crippen LogP contribution in [0.15, 0.2) is 18.3 Å². The Kier molecular flexibility index (Phi) is 6.09. The van der Waals surface area contributed by atoms with Crippen molar-refractivity contribution in [3.05, 3.63) is 35.2 Å². The van der Waals surface area contributed by atoms with E-state index in [1.807, 2.05) is 23.9 Å². The van der Waals surface area contributed by atoms with E-state index in [9.17, 15) is 0 Å². The van der Waals surface area contributed by atoms with E-state index >= 15 is 0 Å². The summed E-state index contributed by atoms with van der Waals surface area (Å²) in [5.74, 6) is 2.37. The van der Waals surface area contributed by atoms with Crippen molar-refractivity contribution < 1.29 is 14.2 Å². The summed E-state index contributed by atoms with van der Waals surface area (Å²) in [6, 6.07) is 3.88. The second-order valence-corrected chi connectivity index (χ2v) is 5.96. The molecule has 0 spiro atoms. The monoisotopic (exact) mass is 333 g/mol. The van der Waals surface area contributed by atoms with Gasteiger partial charge in [0.2, 0.25) is 5.75 Å². The van der Waals surface area contributed by atoms with Crippen molar-refractivity contribution >= 4 is 0 Å². The van der Waals surface area contributed by atoms with Gasteiger partial charge in [0.05, 0.1) is 27.0 Å². The Hall–Kier alpha value is -2.21. The van der Waals surface area contributed by atoms with Gasteiger partial charge >= 0.3 is 0 Å². The summed E-state index contributed by atoms with van der Waals surface area (Å²) in [5.41, 5.74) is 3.36. The number of benzene rings is 1. The molecule has 0 aliphatic heterocycles. The number of aromatic nitrogens is 2. The molecule has 1 heterocycles. The zero-order valence-corrected chi connectivity index (χ0v) is 15.3. The van der Waals surface area contributed by atoms with Crippen LogP contribution >= 0.6 is 0 Å². The summed E-state index contributed by atoms with van der Waals surface area (Å²) in [7, 11) is 6.82. The van der Waals surface area contributed by atoms with Crippen LogP contribution in [0.3, 0.4) is 0 Å². The van der Waals surface area contributed by atoms with E-state index in [2.05, 4.69) is 30.5 Å². The van der Waals surface area contributed by atoms with Crippen LogP contribution in [0.25, 0.3) is 0 Å². The molecule has 6 heteroatoms. The molecule has 0 bridgehead atoms. The molecule has 0 saturated carbocycles.